The van der Waals surface area contributed by atoms with Crippen molar-refractivity contribution in [3.63, 3.8) is 0 Å². The van der Waals surface area contributed by atoms with Gasteiger partial charge in [0.15, 0.2) is 17.3 Å². The Labute approximate surface area is 251 Å². The van der Waals surface area contributed by atoms with E-state index in [1.54, 1.807) is 12.1 Å². The number of rotatable bonds is 14. The molecule has 0 aliphatic rings. The Morgan fingerprint density at radius 2 is 1.58 bits per heavy atom. The first-order chi connectivity index (χ1) is 21.1. The predicted octanol–water partition coefficient (Wildman–Crippen LogP) is -3.54. The second-order valence-electron chi connectivity index (χ2n) is 9.23. The Morgan fingerprint density at radius 3 is 2.13 bits per heavy atom. The van der Waals surface area contributed by atoms with Crippen LogP contribution in [0.1, 0.15) is 28.9 Å². The SMILES string of the molecule is Nc1nc2ncc(CNc3ccc(C(=O)NC(CCC(=O)O)C(=O)O)cc3)nc2c(=O)[nH]1.O=C(O)C(O)C(O)C(O)C(O)CO. The third-order valence-electron chi connectivity index (χ3n) is 5.86. The summed E-state index contributed by atoms with van der Waals surface area (Å²) in [5, 5.41) is 75.0. The molecule has 0 aliphatic heterocycles. The molecular formula is C25H31N7O13. The van der Waals surface area contributed by atoms with Gasteiger partial charge >= 0.3 is 17.9 Å². The number of aliphatic hydroxyl groups is 5. The van der Waals surface area contributed by atoms with Gasteiger partial charge in [0.05, 0.1) is 25.0 Å². The fourth-order valence-corrected chi connectivity index (χ4v) is 3.42. The molecule has 5 atom stereocenters. The Bertz CT molecular complexity index is 1550. The molecule has 244 valence electrons. The van der Waals surface area contributed by atoms with Gasteiger partial charge in [0.1, 0.15) is 24.4 Å². The third kappa shape index (κ3) is 10.7. The first kappa shape index (κ1) is 35.9. The van der Waals surface area contributed by atoms with Crippen molar-refractivity contribution in [1.29, 1.82) is 0 Å². The molecule has 0 fully saturated rings. The number of carbonyl (C=O) groups is 4. The molecule has 3 aromatic rings. The minimum atomic E-state index is -2.20. The molecular weight excluding hydrogens is 606 g/mol. The number of nitrogens with zero attached hydrogens (tertiary/aromatic N) is 3. The molecule has 45 heavy (non-hydrogen) atoms. The van der Waals surface area contributed by atoms with Crippen molar-refractivity contribution < 1.29 is 60.0 Å². The molecule has 20 heteroatoms. The van der Waals surface area contributed by atoms with Crippen molar-refractivity contribution in [2.45, 2.75) is 49.8 Å². The molecule has 13 N–H and O–H groups in total. The number of hydrogen-bond acceptors (Lipinski definition) is 15. The summed E-state index contributed by atoms with van der Waals surface area (Å²) in [6.07, 6.45) is -7.00. The van der Waals surface area contributed by atoms with Crippen LogP contribution in [0.2, 0.25) is 0 Å². The van der Waals surface area contributed by atoms with Crippen molar-refractivity contribution in [3.8, 4) is 0 Å². The van der Waals surface area contributed by atoms with E-state index in [0.29, 0.717) is 11.4 Å². The molecule has 2 heterocycles. The molecule has 0 spiro atoms. The summed E-state index contributed by atoms with van der Waals surface area (Å²) in [7, 11) is 0. The maximum atomic E-state index is 12.3. The normalized spacial score (nSPS) is 14.2. The minimum Gasteiger partial charge on any atom is -0.481 e. The molecule has 3 rings (SSSR count). The minimum absolute atomic E-state index is 0.0524. The topological polar surface area (TPSA) is 352 Å². The van der Waals surface area contributed by atoms with Crippen LogP contribution in [-0.2, 0) is 20.9 Å². The molecule has 20 nitrogen and oxygen atoms in total. The van der Waals surface area contributed by atoms with E-state index in [2.05, 4.69) is 30.6 Å². The summed E-state index contributed by atoms with van der Waals surface area (Å²) in [4.78, 5) is 70.6. The number of nitrogen functional groups attached to an aromatic ring is 1. The van der Waals surface area contributed by atoms with E-state index in [-0.39, 0.29) is 42.1 Å². The first-order valence-electron chi connectivity index (χ1n) is 12.8. The number of aliphatic carboxylic acids is 3. The zero-order chi connectivity index (χ0) is 33.8. The number of aromatic amines is 1. The number of benzene rings is 1. The predicted molar refractivity (Wildman–Crippen MR) is 151 cm³/mol. The van der Waals surface area contributed by atoms with Crippen LogP contribution in [0.3, 0.4) is 0 Å². The summed E-state index contributed by atoms with van der Waals surface area (Å²) in [5.74, 6) is -4.88. The summed E-state index contributed by atoms with van der Waals surface area (Å²) in [6.45, 7) is -0.612. The van der Waals surface area contributed by atoms with Crippen LogP contribution < -0.4 is 21.9 Å². The maximum absolute atomic E-state index is 12.3. The lowest BCUT2D eigenvalue weighted by Gasteiger charge is -2.23. The highest BCUT2D eigenvalue weighted by Crippen LogP contribution is 2.12. The molecule has 0 saturated carbocycles. The van der Waals surface area contributed by atoms with Gasteiger partial charge < -0.3 is 57.2 Å². The molecule has 0 radical (unpaired) electrons. The van der Waals surface area contributed by atoms with Crippen molar-refractivity contribution in [2.75, 3.05) is 17.7 Å². The quantitative estimate of drug-likeness (QED) is 0.0814. The van der Waals surface area contributed by atoms with E-state index in [0.717, 1.165) is 0 Å². The molecule has 0 aliphatic carbocycles. The number of carbonyl (C=O) groups excluding carboxylic acids is 1. The van der Waals surface area contributed by atoms with Gasteiger partial charge in [-0.05, 0) is 30.7 Å². The Hall–Kier alpha value is -5.28. The van der Waals surface area contributed by atoms with Gasteiger partial charge in [-0.15, -0.1) is 0 Å². The Morgan fingerprint density at radius 1 is 0.933 bits per heavy atom. The highest BCUT2D eigenvalue weighted by molar-refractivity contribution is 5.97. The summed E-state index contributed by atoms with van der Waals surface area (Å²) in [6, 6.07) is 4.86. The van der Waals surface area contributed by atoms with Gasteiger partial charge in [0, 0.05) is 17.7 Å². The van der Waals surface area contributed by atoms with Gasteiger partial charge in [-0.1, -0.05) is 0 Å². The average Bonchev–Trinajstić information content (AvgIpc) is 3.00. The van der Waals surface area contributed by atoms with Gasteiger partial charge in [-0.3, -0.25) is 19.4 Å². The van der Waals surface area contributed by atoms with Crippen LogP contribution in [-0.4, -0.2) is 122 Å². The average molecular weight is 638 g/mol. The number of aliphatic hydroxyl groups excluding tert-OH is 5. The zero-order valence-corrected chi connectivity index (χ0v) is 23.1. The number of nitrogens with one attached hydrogen (secondary N) is 3. The highest BCUT2D eigenvalue weighted by Gasteiger charge is 2.33. The van der Waals surface area contributed by atoms with Gasteiger partial charge in [-0.25, -0.2) is 19.6 Å². The highest BCUT2D eigenvalue weighted by atomic mass is 16.4. The zero-order valence-electron chi connectivity index (χ0n) is 23.1. The molecule has 0 saturated heterocycles. The van der Waals surface area contributed by atoms with Gasteiger partial charge in [0.2, 0.25) is 5.95 Å². The summed E-state index contributed by atoms with van der Waals surface area (Å²) in [5.41, 5.74) is 6.47. The van der Waals surface area contributed by atoms with Crippen LogP contribution in [0.25, 0.3) is 11.2 Å². The Balaban J connectivity index is 0.000000459. The van der Waals surface area contributed by atoms with Crippen LogP contribution in [0, 0.1) is 0 Å². The lowest BCUT2D eigenvalue weighted by molar-refractivity contribution is -0.164. The van der Waals surface area contributed by atoms with E-state index < -0.39 is 66.4 Å². The van der Waals surface area contributed by atoms with Crippen LogP contribution in [0.4, 0.5) is 11.6 Å². The molecule has 5 unspecified atom stereocenters. The largest absolute Gasteiger partial charge is 0.481 e. The number of aromatic nitrogens is 4. The van der Waals surface area contributed by atoms with Crippen LogP contribution in [0.5, 0.6) is 0 Å². The van der Waals surface area contributed by atoms with Crippen molar-refractivity contribution in [3.05, 3.63) is 52.1 Å². The molecule has 1 aromatic carbocycles. The maximum Gasteiger partial charge on any atom is 0.335 e. The van der Waals surface area contributed by atoms with Crippen molar-refractivity contribution in [1.82, 2.24) is 25.3 Å². The summed E-state index contributed by atoms with van der Waals surface area (Å²) >= 11 is 0. The fraction of sp³-hybridized carbons (Fsp3) is 0.360. The van der Waals surface area contributed by atoms with Crippen LogP contribution >= 0.6 is 0 Å². The van der Waals surface area contributed by atoms with Crippen LogP contribution in [0.15, 0.2) is 35.3 Å². The van der Waals surface area contributed by atoms with E-state index in [1.165, 1.54) is 18.3 Å². The number of H-pyrrole nitrogens is 1. The van der Waals surface area contributed by atoms with E-state index in [1.807, 2.05) is 0 Å². The third-order valence-corrected chi connectivity index (χ3v) is 5.86. The van der Waals surface area contributed by atoms with E-state index in [4.69, 9.17) is 46.6 Å². The smallest absolute Gasteiger partial charge is 0.335 e. The van der Waals surface area contributed by atoms with Crippen molar-refractivity contribution in [2.24, 2.45) is 0 Å². The monoisotopic (exact) mass is 637 g/mol. The number of anilines is 2. The lowest BCUT2D eigenvalue weighted by atomic mass is 10.0. The number of fused-ring (bicyclic) bond motifs is 1. The second kappa shape index (κ2) is 16.5. The van der Waals surface area contributed by atoms with Gasteiger partial charge in [0.25, 0.3) is 11.5 Å². The van der Waals surface area contributed by atoms with Crippen molar-refractivity contribution >= 4 is 46.6 Å². The first-order valence-corrected chi connectivity index (χ1v) is 12.8. The van der Waals surface area contributed by atoms with E-state index in [9.17, 15) is 24.0 Å². The molecule has 1 amide bonds. The molecule has 2 aromatic heterocycles. The number of nitrogens with two attached hydrogens (primary N) is 1. The fourth-order valence-electron chi connectivity index (χ4n) is 3.42. The number of hydrogen-bond donors (Lipinski definition) is 12. The number of carboxylic acids is 3. The molecule has 0 bridgehead atoms. The summed E-state index contributed by atoms with van der Waals surface area (Å²) < 4.78 is 0. The lowest BCUT2D eigenvalue weighted by Crippen LogP contribution is -2.48. The standard InChI is InChI=1S/C19H19N7O6.C6H12O7/c20-19-25-15-14(17(30)26-19)23-11(8-22-15)7-21-10-3-1-9(2-4-10)16(29)24-12(18(31)32)5-6-13(27)28;7-1-2(8)3(9)4(10)5(11)6(12)13/h1-4,8,12,21H,5-7H2,(H,24,29)(H,27,28)(H,31,32)(H3,20,22,25,26,30);2-5,7-11H,1H2,(H,12,13). The van der Waals surface area contributed by atoms with Gasteiger partial charge in [-0.2, -0.15) is 4.98 Å². The number of amides is 1. The second-order valence-corrected chi connectivity index (χ2v) is 9.23. The number of carboxylic acid groups (broad SMARTS) is 3. The van der Waals surface area contributed by atoms with E-state index >= 15 is 0 Å². The Kier molecular flexibility index (Phi) is 13.2.